The molecule has 0 spiro atoms. The summed E-state index contributed by atoms with van der Waals surface area (Å²) in [4.78, 5) is 11.9. The fourth-order valence-corrected chi connectivity index (χ4v) is 2.29. The Morgan fingerprint density at radius 2 is 2.10 bits per heavy atom. The molecule has 1 unspecified atom stereocenters. The summed E-state index contributed by atoms with van der Waals surface area (Å²) >= 11 is 0. The molecule has 1 amide bonds. The van der Waals surface area contributed by atoms with Gasteiger partial charge in [0.1, 0.15) is 0 Å². The molecular weight excluding hydrogens is 272 g/mol. The van der Waals surface area contributed by atoms with Gasteiger partial charge >= 0.3 is 0 Å². The van der Waals surface area contributed by atoms with Crippen LogP contribution in [0.4, 0.5) is 0 Å². The largest absolute Gasteiger partial charge is 0.352 e. The first-order chi connectivity index (χ1) is 9.25. The second-order valence-electron chi connectivity index (χ2n) is 5.11. The zero-order valence-corrected chi connectivity index (χ0v) is 12.7. The molecule has 2 rings (SSSR count). The van der Waals surface area contributed by atoms with Crippen LogP contribution in [0.25, 0.3) is 0 Å². The molecule has 1 aromatic rings. The number of carbonyl (C=O) groups excluding carboxylic acids is 1. The maximum Gasteiger partial charge on any atom is 0.220 e. The average Bonchev–Trinajstić information content (AvgIpc) is 2.47. The van der Waals surface area contributed by atoms with E-state index in [0.717, 1.165) is 19.5 Å². The van der Waals surface area contributed by atoms with E-state index in [1.165, 1.54) is 11.1 Å². The van der Waals surface area contributed by atoms with Gasteiger partial charge in [-0.15, -0.1) is 12.4 Å². The number of hydrogen-bond acceptors (Lipinski definition) is 2. The minimum absolute atomic E-state index is 0. The first-order valence-corrected chi connectivity index (χ1v) is 6.96. The number of rotatable bonds is 5. The second-order valence-corrected chi connectivity index (χ2v) is 5.11. The van der Waals surface area contributed by atoms with Gasteiger partial charge in [-0.05, 0) is 24.4 Å². The highest BCUT2D eigenvalue weighted by Crippen LogP contribution is 2.18. The summed E-state index contributed by atoms with van der Waals surface area (Å²) in [5, 5.41) is 6.29. The first-order valence-electron chi connectivity index (χ1n) is 6.96. The Morgan fingerprint density at radius 1 is 1.35 bits per heavy atom. The van der Waals surface area contributed by atoms with Crippen LogP contribution in [0.3, 0.4) is 0 Å². The van der Waals surface area contributed by atoms with Crippen LogP contribution < -0.4 is 10.6 Å². The zero-order chi connectivity index (χ0) is 13.5. The van der Waals surface area contributed by atoms with Crippen molar-refractivity contribution in [1.29, 1.82) is 0 Å². The Balaban J connectivity index is 0.00000200. The molecule has 0 aliphatic carbocycles. The number of nitrogens with one attached hydrogen (secondary N) is 2. The lowest BCUT2D eigenvalue weighted by molar-refractivity contribution is -0.121. The van der Waals surface area contributed by atoms with Crippen molar-refractivity contribution in [2.75, 3.05) is 19.6 Å². The molecule has 110 valence electrons. The van der Waals surface area contributed by atoms with Crippen molar-refractivity contribution in [2.45, 2.75) is 25.7 Å². The van der Waals surface area contributed by atoms with Gasteiger partial charge in [-0.1, -0.05) is 48.9 Å². The molecule has 0 saturated carbocycles. The molecule has 1 aromatic carbocycles. The normalized spacial score (nSPS) is 15.8. The van der Waals surface area contributed by atoms with Crippen LogP contribution >= 0.6 is 12.4 Å². The van der Waals surface area contributed by atoms with E-state index in [1.54, 1.807) is 0 Å². The average molecular weight is 295 g/mol. The van der Waals surface area contributed by atoms with Gasteiger partial charge < -0.3 is 10.6 Å². The highest BCUT2D eigenvalue weighted by molar-refractivity contribution is 5.85. The van der Waals surface area contributed by atoms with E-state index in [0.29, 0.717) is 13.0 Å². The molecule has 1 atom stereocenters. The predicted octanol–water partition coefficient (Wildman–Crippen LogP) is 2.64. The smallest absolute Gasteiger partial charge is 0.220 e. The summed E-state index contributed by atoms with van der Waals surface area (Å²) < 4.78 is 0. The van der Waals surface area contributed by atoms with Crippen LogP contribution in [0, 0.1) is 0 Å². The van der Waals surface area contributed by atoms with E-state index in [1.807, 2.05) is 18.2 Å². The Bertz CT molecular complexity index is 445. The highest BCUT2D eigenvalue weighted by atomic mass is 35.5. The molecule has 4 heteroatoms. The van der Waals surface area contributed by atoms with E-state index in [4.69, 9.17) is 0 Å². The van der Waals surface area contributed by atoms with Crippen LogP contribution in [0.15, 0.2) is 42.0 Å². The maximum absolute atomic E-state index is 11.9. The van der Waals surface area contributed by atoms with Gasteiger partial charge in [0, 0.05) is 19.5 Å². The topological polar surface area (TPSA) is 41.1 Å². The number of carbonyl (C=O) groups is 1. The molecule has 0 aromatic heterocycles. The van der Waals surface area contributed by atoms with Gasteiger partial charge in [-0.3, -0.25) is 4.79 Å². The molecular formula is C16H23ClN2O. The van der Waals surface area contributed by atoms with E-state index in [-0.39, 0.29) is 24.2 Å². The van der Waals surface area contributed by atoms with Crippen molar-refractivity contribution in [3.8, 4) is 0 Å². The summed E-state index contributed by atoms with van der Waals surface area (Å²) in [5.41, 5.74) is 2.55. The predicted molar refractivity (Wildman–Crippen MR) is 85.3 cm³/mol. The van der Waals surface area contributed by atoms with Crippen LogP contribution in [0.2, 0.25) is 0 Å². The number of hydrogen-bond donors (Lipinski definition) is 2. The van der Waals surface area contributed by atoms with Crippen molar-refractivity contribution < 1.29 is 4.79 Å². The molecule has 0 fully saturated rings. The van der Waals surface area contributed by atoms with E-state index < -0.39 is 0 Å². The van der Waals surface area contributed by atoms with Gasteiger partial charge in [0.05, 0.1) is 0 Å². The molecule has 1 aliphatic heterocycles. The van der Waals surface area contributed by atoms with Crippen molar-refractivity contribution in [3.05, 3.63) is 47.5 Å². The van der Waals surface area contributed by atoms with Crippen molar-refractivity contribution in [1.82, 2.24) is 10.6 Å². The quantitative estimate of drug-likeness (QED) is 0.820. The minimum atomic E-state index is 0. The first kappa shape index (κ1) is 16.7. The Hall–Kier alpha value is -1.32. The monoisotopic (exact) mass is 294 g/mol. The maximum atomic E-state index is 11.9. The third kappa shape index (κ3) is 5.35. The molecule has 20 heavy (non-hydrogen) atoms. The third-order valence-electron chi connectivity index (χ3n) is 3.53. The van der Waals surface area contributed by atoms with Gasteiger partial charge in [0.25, 0.3) is 0 Å². The lowest BCUT2D eigenvalue weighted by Gasteiger charge is -2.16. The second kappa shape index (κ2) is 8.77. The molecule has 1 aliphatic rings. The van der Waals surface area contributed by atoms with Crippen LogP contribution in [0.5, 0.6) is 0 Å². The third-order valence-corrected chi connectivity index (χ3v) is 3.53. The SMILES string of the molecule is CC(CC(=O)NCC1=CCNCC1)c1ccccc1.Cl. The Morgan fingerprint density at radius 3 is 2.75 bits per heavy atom. The highest BCUT2D eigenvalue weighted by Gasteiger charge is 2.11. The zero-order valence-electron chi connectivity index (χ0n) is 11.9. The van der Waals surface area contributed by atoms with Gasteiger partial charge in [-0.2, -0.15) is 0 Å². The summed E-state index contributed by atoms with van der Waals surface area (Å²) in [6.45, 7) is 4.73. The number of amides is 1. The Kier molecular flexibility index (Phi) is 7.34. The number of halogens is 1. The number of benzene rings is 1. The van der Waals surface area contributed by atoms with Gasteiger partial charge in [0.15, 0.2) is 0 Å². The van der Waals surface area contributed by atoms with Gasteiger partial charge in [0.2, 0.25) is 5.91 Å². The Labute approximate surface area is 127 Å². The molecule has 0 bridgehead atoms. The summed E-state index contributed by atoms with van der Waals surface area (Å²) in [5.74, 6) is 0.402. The van der Waals surface area contributed by atoms with Crippen LogP contribution in [-0.4, -0.2) is 25.5 Å². The van der Waals surface area contributed by atoms with E-state index in [9.17, 15) is 4.79 Å². The fourth-order valence-electron chi connectivity index (χ4n) is 2.29. The van der Waals surface area contributed by atoms with Crippen LogP contribution in [0.1, 0.15) is 31.2 Å². The molecule has 0 saturated heterocycles. The fraction of sp³-hybridized carbons (Fsp3) is 0.438. The lowest BCUT2D eigenvalue weighted by atomic mass is 9.97. The van der Waals surface area contributed by atoms with E-state index in [2.05, 4.69) is 35.8 Å². The minimum Gasteiger partial charge on any atom is -0.352 e. The van der Waals surface area contributed by atoms with Crippen molar-refractivity contribution in [3.63, 3.8) is 0 Å². The molecule has 0 radical (unpaired) electrons. The lowest BCUT2D eigenvalue weighted by Crippen LogP contribution is -2.30. The van der Waals surface area contributed by atoms with Gasteiger partial charge in [-0.25, -0.2) is 0 Å². The van der Waals surface area contributed by atoms with Crippen molar-refractivity contribution in [2.24, 2.45) is 0 Å². The standard InChI is InChI=1S/C16H22N2O.ClH/c1-13(15-5-3-2-4-6-15)11-16(19)18-12-14-7-9-17-10-8-14;/h2-7,13,17H,8-12H2,1H3,(H,18,19);1H. The summed E-state index contributed by atoms with van der Waals surface area (Å²) in [6, 6.07) is 10.2. The van der Waals surface area contributed by atoms with Crippen LogP contribution in [-0.2, 0) is 4.79 Å². The van der Waals surface area contributed by atoms with E-state index >= 15 is 0 Å². The van der Waals surface area contributed by atoms with Crippen molar-refractivity contribution >= 4 is 18.3 Å². The molecule has 2 N–H and O–H groups in total. The molecule has 3 nitrogen and oxygen atoms in total. The molecule has 1 heterocycles. The summed E-state index contributed by atoms with van der Waals surface area (Å²) in [6.07, 6.45) is 3.76. The summed E-state index contributed by atoms with van der Waals surface area (Å²) in [7, 11) is 0.